The van der Waals surface area contributed by atoms with Gasteiger partial charge in [0.25, 0.3) is 0 Å². The number of aliphatic hydroxyl groups is 3. The molecule has 0 aliphatic rings. The minimum atomic E-state index is -2.83. The second-order valence-electron chi connectivity index (χ2n) is 6.27. The van der Waals surface area contributed by atoms with E-state index in [9.17, 15) is 29.7 Å². The zero-order valence-electron chi connectivity index (χ0n) is 15.2. The molecule has 0 fully saturated rings. The molecule has 3 atom stereocenters. The average Bonchev–Trinajstić information content (AvgIpc) is 2.72. The van der Waals surface area contributed by atoms with Gasteiger partial charge in [0.05, 0.1) is 13.5 Å². The largest absolute Gasteiger partial charge is 0.469 e. The number of carbonyl (C=O) groups is 3. The lowest BCUT2D eigenvalue weighted by atomic mass is 9.80. The van der Waals surface area contributed by atoms with Crippen LogP contribution >= 0.6 is 23.2 Å². The Morgan fingerprint density at radius 3 is 1.83 bits per heavy atom. The lowest BCUT2D eigenvalue weighted by molar-refractivity contribution is -0.152. The summed E-state index contributed by atoms with van der Waals surface area (Å²) in [4.78, 5) is 37.1. The van der Waals surface area contributed by atoms with Crippen molar-refractivity contribution in [1.82, 2.24) is 0 Å². The van der Waals surface area contributed by atoms with Gasteiger partial charge in [-0.15, -0.1) is 0 Å². The number of methoxy groups -OCH3 is 1. The molecular weight excluding hydrogens is 423 g/mol. The van der Waals surface area contributed by atoms with Crippen LogP contribution in [0.5, 0.6) is 0 Å². The van der Waals surface area contributed by atoms with Gasteiger partial charge in [0.15, 0.2) is 17.2 Å². The van der Waals surface area contributed by atoms with Gasteiger partial charge in [0.1, 0.15) is 12.2 Å². The maximum Gasteiger partial charge on any atom is 0.309 e. The number of hydrogen-bond acceptors (Lipinski definition) is 7. The third-order valence-electron chi connectivity index (χ3n) is 4.33. The first-order valence-corrected chi connectivity index (χ1v) is 9.11. The topological polar surface area (TPSA) is 121 Å². The molecule has 2 rings (SSSR count). The van der Waals surface area contributed by atoms with Crippen LogP contribution in [-0.2, 0) is 9.53 Å². The molecule has 7 nitrogen and oxygen atoms in total. The van der Waals surface area contributed by atoms with E-state index in [-0.39, 0.29) is 11.1 Å². The van der Waals surface area contributed by atoms with Crippen molar-refractivity contribution in [1.29, 1.82) is 0 Å². The summed E-state index contributed by atoms with van der Waals surface area (Å²) < 4.78 is 4.47. The van der Waals surface area contributed by atoms with Crippen molar-refractivity contribution < 1.29 is 34.4 Å². The van der Waals surface area contributed by atoms with E-state index in [2.05, 4.69) is 4.74 Å². The molecule has 0 spiro atoms. The van der Waals surface area contributed by atoms with Crippen LogP contribution in [0.2, 0.25) is 10.0 Å². The number of halogens is 2. The number of esters is 1. The number of Topliss-reactive ketones (excluding diaryl/α,β-unsaturated/α-hetero) is 2. The summed E-state index contributed by atoms with van der Waals surface area (Å²) >= 11 is 11.5. The van der Waals surface area contributed by atoms with Gasteiger partial charge in [0.2, 0.25) is 0 Å². The van der Waals surface area contributed by atoms with Gasteiger partial charge >= 0.3 is 5.97 Å². The predicted octanol–water partition coefficient (Wildman–Crippen LogP) is 2.08. The lowest BCUT2D eigenvalue weighted by Gasteiger charge is -2.33. The van der Waals surface area contributed by atoms with Crippen molar-refractivity contribution in [3.63, 3.8) is 0 Å². The number of aliphatic hydroxyl groups excluding tert-OH is 2. The minimum absolute atomic E-state index is 0.0136. The Bertz CT molecular complexity index is 896. The highest BCUT2D eigenvalue weighted by Gasteiger charge is 2.50. The zero-order valence-corrected chi connectivity index (χ0v) is 16.7. The molecule has 0 aliphatic heterocycles. The van der Waals surface area contributed by atoms with E-state index < -0.39 is 41.8 Å². The molecule has 0 radical (unpaired) electrons. The number of ketones is 2. The molecule has 0 heterocycles. The number of rotatable bonds is 8. The molecule has 0 bridgehead atoms. The number of hydrogen-bond donors (Lipinski definition) is 3. The Labute approximate surface area is 176 Å². The van der Waals surface area contributed by atoms with Crippen LogP contribution in [0, 0.1) is 0 Å². The van der Waals surface area contributed by atoms with Gasteiger partial charge in [-0.3, -0.25) is 14.4 Å². The van der Waals surface area contributed by atoms with Gasteiger partial charge < -0.3 is 20.1 Å². The maximum atomic E-state index is 12.9. The molecule has 0 saturated carbocycles. The standard InChI is InChI=1S/C20H18Cl2O7/c1-29-15(23)10-20(28,18(26)12-4-8-14(22)9-5-12)19(27)17(25)16(24)11-2-6-13(21)7-3-11/h2-9,17,19,25,27-28H,10H2,1H3/t17-,19+,20+/m0/s1. The van der Waals surface area contributed by atoms with Gasteiger partial charge in [-0.1, -0.05) is 23.2 Å². The maximum absolute atomic E-state index is 12.9. The van der Waals surface area contributed by atoms with Crippen molar-refractivity contribution in [3.8, 4) is 0 Å². The molecule has 0 aliphatic carbocycles. The van der Waals surface area contributed by atoms with Crippen molar-refractivity contribution in [3.05, 3.63) is 69.7 Å². The Morgan fingerprint density at radius 2 is 1.38 bits per heavy atom. The molecule has 3 N–H and O–H groups in total. The first-order chi connectivity index (χ1) is 13.6. The summed E-state index contributed by atoms with van der Waals surface area (Å²) in [5, 5.41) is 32.5. The molecular formula is C20H18Cl2O7. The highest BCUT2D eigenvalue weighted by atomic mass is 35.5. The molecule has 0 saturated heterocycles. The highest BCUT2D eigenvalue weighted by Crippen LogP contribution is 2.27. The van der Waals surface area contributed by atoms with E-state index in [4.69, 9.17) is 23.2 Å². The second kappa shape index (κ2) is 9.47. The molecule has 29 heavy (non-hydrogen) atoms. The van der Waals surface area contributed by atoms with Crippen LogP contribution in [0.25, 0.3) is 0 Å². The average molecular weight is 441 g/mol. The third-order valence-corrected chi connectivity index (χ3v) is 4.83. The summed E-state index contributed by atoms with van der Waals surface area (Å²) in [5.74, 6) is -3.09. The molecule has 2 aromatic rings. The van der Waals surface area contributed by atoms with Gasteiger partial charge in [-0.05, 0) is 48.5 Å². The Hall–Kier alpha value is -2.29. The van der Waals surface area contributed by atoms with E-state index in [1.54, 1.807) is 0 Å². The van der Waals surface area contributed by atoms with Crippen LogP contribution in [0.15, 0.2) is 48.5 Å². The van der Waals surface area contributed by atoms with E-state index in [1.165, 1.54) is 48.5 Å². The summed E-state index contributed by atoms with van der Waals surface area (Å²) in [6, 6.07) is 10.7. The van der Waals surface area contributed by atoms with Crippen LogP contribution in [0.4, 0.5) is 0 Å². The van der Waals surface area contributed by atoms with Crippen molar-refractivity contribution >= 4 is 40.7 Å². The fraction of sp³-hybridized carbons (Fsp3) is 0.250. The normalized spacial score (nSPS) is 15.1. The van der Waals surface area contributed by atoms with E-state index >= 15 is 0 Å². The molecule has 2 aromatic carbocycles. The fourth-order valence-corrected chi connectivity index (χ4v) is 2.90. The van der Waals surface area contributed by atoms with Crippen molar-refractivity contribution in [2.24, 2.45) is 0 Å². The van der Waals surface area contributed by atoms with E-state index in [0.717, 1.165) is 7.11 Å². The molecule has 0 unspecified atom stereocenters. The van der Waals surface area contributed by atoms with Gasteiger partial charge in [-0.25, -0.2) is 0 Å². The summed E-state index contributed by atoms with van der Waals surface area (Å²) in [6.07, 6.45) is -5.52. The summed E-state index contributed by atoms with van der Waals surface area (Å²) in [7, 11) is 1.02. The fourth-order valence-electron chi connectivity index (χ4n) is 2.65. The van der Waals surface area contributed by atoms with E-state index in [0.29, 0.717) is 10.0 Å². The van der Waals surface area contributed by atoms with Crippen molar-refractivity contribution in [2.45, 2.75) is 24.2 Å². The molecule has 9 heteroatoms. The summed E-state index contributed by atoms with van der Waals surface area (Å²) in [5.41, 5.74) is -2.94. The first-order valence-electron chi connectivity index (χ1n) is 8.35. The second-order valence-corrected chi connectivity index (χ2v) is 7.15. The SMILES string of the molecule is COC(=O)C[C@@](O)(C(=O)c1ccc(Cl)cc1)[C@H](O)[C@@H](O)C(=O)c1ccc(Cl)cc1. The van der Waals surface area contributed by atoms with Crippen molar-refractivity contribution in [2.75, 3.05) is 7.11 Å². The third kappa shape index (κ3) is 5.20. The first kappa shape index (κ1) is 23.0. The number of carbonyl (C=O) groups excluding carboxylic acids is 3. The Morgan fingerprint density at radius 1 is 0.931 bits per heavy atom. The Kier molecular flexibility index (Phi) is 7.51. The monoisotopic (exact) mass is 440 g/mol. The molecule has 0 aromatic heterocycles. The van der Waals surface area contributed by atoms with Crippen LogP contribution in [-0.4, -0.2) is 57.8 Å². The smallest absolute Gasteiger partial charge is 0.309 e. The quantitative estimate of drug-likeness (QED) is 0.424. The number of ether oxygens (including phenoxy) is 1. The van der Waals surface area contributed by atoms with Crippen LogP contribution in [0.3, 0.4) is 0 Å². The van der Waals surface area contributed by atoms with Gasteiger partial charge in [0, 0.05) is 21.2 Å². The molecule has 154 valence electrons. The zero-order chi connectivity index (χ0) is 21.8. The van der Waals surface area contributed by atoms with Crippen LogP contribution < -0.4 is 0 Å². The lowest BCUT2D eigenvalue weighted by Crippen LogP contribution is -2.57. The Balaban J connectivity index is 2.39. The number of benzene rings is 2. The van der Waals surface area contributed by atoms with Crippen LogP contribution in [0.1, 0.15) is 27.1 Å². The van der Waals surface area contributed by atoms with Gasteiger partial charge in [-0.2, -0.15) is 0 Å². The molecule has 0 amide bonds. The van der Waals surface area contributed by atoms with E-state index in [1.807, 2.05) is 0 Å². The summed E-state index contributed by atoms with van der Waals surface area (Å²) in [6.45, 7) is 0. The minimum Gasteiger partial charge on any atom is -0.469 e. The predicted molar refractivity (Wildman–Crippen MR) is 105 cm³/mol. The highest BCUT2D eigenvalue weighted by molar-refractivity contribution is 6.31.